The molecule has 1 fully saturated rings. The maximum absolute atomic E-state index is 2.60. The van der Waals surface area contributed by atoms with Crippen LogP contribution < -0.4 is 4.90 Å². The fraction of sp³-hybridized carbons (Fsp3) is 0.182. The molecule has 0 aromatic heterocycles. The SMILES string of the molecule is Br.c1ccc(CN2CCN3c4ccccc4-c4ccccc4C23)cc1. The highest BCUT2D eigenvalue weighted by Crippen LogP contribution is 2.47. The molecule has 5 rings (SSSR count). The first kappa shape index (κ1) is 16.4. The minimum atomic E-state index is 0. The summed E-state index contributed by atoms with van der Waals surface area (Å²) in [5.41, 5.74) is 6.94. The summed E-state index contributed by atoms with van der Waals surface area (Å²) in [7, 11) is 0. The highest BCUT2D eigenvalue weighted by molar-refractivity contribution is 8.93. The van der Waals surface area contributed by atoms with Gasteiger partial charge in [-0.15, -0.1) is 17.0 Å². The van der Waals surface area contributed by atoms with Crippen molar-refractivity contribution in [1.29, 1.82) is 0 Å². The summed E-state index contributed by atoms with van der Waals surface area (Å²) >= 11 is 0. The van der Waals surface area contributed by atoms with Crippen LogP contribution in [0.25, 0.3) is 11.1 Å². The third-order valence-corrected chi connectivity index (χ3v) is 5.24. The quantitative estimate of drug-likeness (QED) is 0.586. The highest BCUT2D eigenvalue weighted by Gasteiger charge is 2.38. The van der Waals surface area contributed by atoms with Crippen LogP contribution >= 0.6 is 17.0 Å². The number of nitrogens with zero attached hydrogens (tertiary/aromatic N) is 2. The Labute approximate surface area is 159 Å². The molecule has 0 amide bonds. The largest absolute Gasteiger partial charge is 0.350 e. The molecular formula is C22H21BrN2. The first-order chi connectivity index (χ1) is 11.9. The molecule has 0 spiro atoms. The van der Waals surface area contributed by atoms with Gasteiger partial charge in [-0.2, -0.15) is 0 Å². The summed E-state index contributed by atoms with van der Waals surface area (Å²) in [6, 6.07) is 28.5. The molecule has 1 unspecified atom stereocenters. The van der Waals surface area contributed by atoms with Crippen molar-refractivity contribution in [2.75, 3.05) is 18.0 Å². The van der Waals surface area contributed by atoms with E-state index >= 15 is 0 Å². The summed E-state index contributed by atoms with van der Waals surface area (Å²) in [6.07, 6.45) is 0.344. The topological polar surface area (TPSA) is 6.48 Å². The number of halogens is 1. The third-order valence-electron chi connectivity index (χ3n) is 5.24. The standard InChI is InChI=1S/C22H20N2.BrH/c1-2-8-17(9-3-1)16-23-14-15-24-21-13-7-6-11-19(21)18-10-4-5-12-20(18)22(23)24;/h1-13,22H,14-16H2;1H. The predicted molar refractivity (Wildman–Crippen MR) is 109 cm³/mol. The average molecular weight is 393 g/mol. The van der Waals surface area contributed by atoms with Gasteiger partial charge in [0.25, 0.3) is 0 Å². The van der Waals surface area contributed by atoms with Gasteiger partial charge in [-0.05, 0) is 22.8 Å². The number of rotatable bonds is 2. The Kier molecular flexibility index (Phi) is 4.36. The fourth-order valence-corrected chi connectivity index (χ4v) is 4.20. The van der Waals surface area contributed by atoms with Crippen LogP contribution in [0, 0.1) is 0 Å². The lowest BCUT2D eigenvalue weighted by molar-refractivity contribution is 0.249. The van der Waals surface area contributed by atoms with Gasteiger partial charge in [-0.3, -0.25) is 4.90 Å². The molecule has 0 saturated carbocycles. The molecule has 3 aromatic carbocycles. The number of hydrogen-bond donors (Lipinski definition) is 0. The molecule has 3 aromatic rings. The molecule has 3 heteroatoms. The molecule has 126 valence electrons. The number of para-hydroxylation sites is 1. The van der Waals surface area contributed by atoms with Crippen LogP contribution in [0.1, 0.15) is 17.3 Å². The Morgan fingerprint density at radius 2 is 1.40 bits per heavy atom. The van der Waals surface area contributed by atoms with Crippen LogP contribution in [-0.2, 0) is 6.54 Å². The van der Waals surface area contributed by atoms with Crippen molar-refractivity contribution in [2.45, 2.75) is 12.7 Å². The second-order valence-corrected chi connectivity index (χ2v) is 6.63. The Morgan fingerprint density at radius 1 is 0.720 bits per heavy atom. The summed E-state index contributed by atoms with van der Waals surface area (Å²) in [4.78, 5) is 5.17. The summed E-state index contributed by atoms with van der Waals surface area (Å²) in [6.45, 7) is 3.18. The Bertz CT molecular complexity index is 878. The molecule has 0 N–H and O–H groups in total. The van der Waals surface area contributed by atoms with E-state index in [-0.39, 0.29) is 17.0 Å². The van der Waals surface area contributed by atoms with E-state index in [9.17, 15) is 0 Å². The van der Waals surface area contributed by atoms with Crippen molar-refractivity contribution in [2.24, 2.45) is 0 Å². The van der Waals surface area contributed by atoms with E-state index in [1.54, 1.807) is 0 Å². The minimum Gasteiger partial charge on any atom is -0.350 e. The Morgan fingerprint density at radius 3 is 2.24 bits per heavy atom. The second-order valence-electron chi connectivity index (χ2n) is 6.63. The number of hydrogen-bond acceptors (Lipinski definition) is 2. The van der Waals surface area contributed by atoms with E-state index in [2.05, 4.69) is 88.7 Å². The summed E-state index contributed by atoms with van der Waals surface area (Å²) < 4.78 is 0. The first-order valence-corrected chi connectivity index (χ1v) is 8.65. The van der Waals surface area contributed by atoms with Gasteiger partial charge >= 0.3 is 0 Å². The van der Waals surface area contributed by atoms with Crippen LogP contribution in [0.3, 0.4) is 0 Å². The summed E-state index contributed by atoms with van der Waals surface area (Å²) in [5.74, 6) is 0. The van der Waals surface area contributed by atoms with Gasteiger partial charge in [0.15, 0.2) is 0 Å². The molecule has 0 bridgehead atoms. The van der Waals surface area contributed by atoms with Crippen molar-refractivity contribution in [3.05, 3.63) is 90.0 Å². The van der Waals surface area contributed by atoms with Crippen LogP contribution in [-0.4, -0.2) is 18.0 Å². The van der Waals surface area contributed by atoms with Crippen LogP contribution in [0.15, 0.2) is 78.9 Å². The van der Waals surface area contributed by atoms with E-state index in [1.165, 1.54) is 27.9 Å². The van der Waals surface area contributed by atoms with E-state index < -0.39 is 0 Å². The van der Waals surface area contributed by atoms with Gasteiger partial charge in [-0.25, -0.2) is 0 Å². The van der Waals surface area contributed by atoms with Crippen molar-refractivity contribution in [3.8, 4) is 11.1 Å². The Balaban J connectivity index is 0.00000157. The van der Waals surface area contributed by atoms with Crippen LogP contribution in [0.5, 0.6) is 0 Å². The maximum Gasteiger partial charge on any atom is 0.109 e. The molecule has 2 heterocycles. The smallest absolute Gasteiger partial charge is 0.109 e. The molecule has 0 aliphatic carbocycles. The van der Waals surface area contributed by atoms with Gasteiger partial charge in [0.1, 0.15) is 6.17 Å². The molecule has 0 radical (unpaired) electrons. The van der Waals surface area contributed by atoms with Crippen molar-refractivity contribution < 1.29 is 0 Å². The van der Waals surface area contributed by atoms with E-state index in [4.69, 9.17) is 0 Å². The summed E-state index contributed by atoms with van der Waals surface area (Å²) in [5, 5.41) is 0. The predicted octanol–water partition coefficient (Wildman–Crippen LogP) is 5.27. The zero-order valence-electron chi connectivity index (χ0n) is 14.0. The van der Waals surface area contributed by atoms with Gasteiger partial charge in [-0.1, -0.05) is 72.8 Å². The highest BCUT2D eigenvalue weighted by atomic mass is 79.9. The van der Waals surface area contributed by atoms with Gasteiger partial charge in [0.2, 0.25) is 0 Å². The number of benzene rings is 3. The van der Waals surface area contributed by atoms with Crippen molar-refractivity contribution in [1.82, 2.24) is 4.90 Å². The lowest BCUT2D eigenvalue weighted by atomic mass is 9.91. The molecule has 2 aliphatic heterocycles. The van der Waals surface area contributed by atoms with Gasteiger partial charge < -0.3 is 4.90 Å². The van der Waals surface area contributed by atoms with Gasteiger partial charge in [0.05, 0.1) is 0 Å². The number of fused-ring (bicyclic) bond motifs is 6. The normalized spacial score (nSPS) is 18.1. The number of anilines is 1. The van der Waals surface area contributed by atoms with Gasteiger partial charge in [0, 0.05) is 30.9 Å². The Hall–Kier alpha value is -2.10. The average Bonchev–Trinajstić information content (AvgIpc) is 3.07. The zero-order chi connectivity index (χ0) is 15.9. The van der Waals surface area contributed by atoms with E-state index in [0.717, 1.165) is 19.6 Å². The molecular weight excluding hydrogens is 372 g/mol. The third kappa shape index (κ3) is 2.68. The van der Waals surface area contributed by atoms with Crippen LogP contribution in [0.2, 0.25) is 0 Å². The molecule has 1 saturated heterocycles. The van der Waals surface area contributed by atoms with Crippen molar-refractivity contribution >= 4 is 22.7 Å². The lowest BCUT2D eigenvalue weighted by Gasteiger charge is -2.38. The molecule has 2 aliphatic rings. The van der Waals surface area contributed by atoms with Crippen molar-refractivity contribution in [3.63, 3.8) is 0 Å². The molecule has 25 heavy (non-hydrogen) atoms. The molecule has 2 nitrogen and oxygen atoms in total. The maximum atomic E-state index is 2.60. The first-order valence-electron chi connectivity index (χ1n) is 8.65. The zero-order valence-corrected chi connectivity index (χ0v) is 15.7. The van der Waals surface area contributed by atoms with E-state index in [1.807, 2.05) is 0 Å². The minimum absolute atomic E-state index is 0. The molecule has 1 atom stereocenters. The monoisotopic (exact) mass is 392 g/mol. The van der Waals surface area contributed by atoms with Crippen LogP contribution in [0.4, 0.5) is 5.69 Å². The fourth-order valence-electron chi connectivity index (χ4n) is 4.20. The lowest BCUT2D eigenvalue weighted by Crippen LogP contribution is -2.33. The second kappa shape index (κ2) is 6.66. The van der Waals surface area contributed by atoms with E-state index in [0.29, 0.717) is 6.17 Å².